The zero-order valence-electron chi connectivity index (χ0n) is 11.3. The van der Waals surface area contributed by atoms with Gasteiger partial charge in [-0.3, -0.25) is 4.79 Å². The van der Waals surface area contributed by atoms with Gasteiger partial charge >= 0.3 is 5.97 Å². The largest absolute Gasteiger partial charge is 0.477 e. The summed E-state index contributed by atoms with van der Waals surface area (Å²) in [6, 6.07) is 2.87. The SMILES string of the molecule is O=C(NCC1(C2CC2)CCC1)c1ccnc(C(=O)O)c1. The zero-order valence-corrected chi connectivity index (χ0v) is 11.3. The fourth-order valence-electron chi connectivity index (χ4n) is 3.10. The fourth-order valence-corrected chi connectivity index (χ4v) is 3.10. The molecular weight excluding hydrogens is 256 g/mol. The lowest BCUT2D eigenvalue weighted by Gasteiger charge is -2.42. The number of carbonyl (C=O) groups is 2. The van der Waals surface area contributed by atoms with Crippen LogP contribution >= 0.6 is 0 Å². The lowest BCUT2D eigenvalue weighted by atomic mass is 9.65. The molecule has 1 aromatic heterocycles. The molecule has 106 valence electrons. The Bertz CT molecular complexity index is 548. The number of nitrogens with zero attached hydrogens (tertiary/aromatic N) is 1. The predicted octanol–water partition coefficient (Wildman–Crippen LogP) is 2.09. The summed E-state index contributed by atoms with van der Waals surface area (Å²) in [4.78, 5) is 26.7. The van der Waals surface area contributed by atoms with Crippen LogP contribution in [0.15, 0.2) is 18.3 Å². The van der Waals surface area contributed by atoms with E-state index in [0.717, 1.165) is 5.92 Å². The van der Waals surface area contributed by atoms with Gasteiger partial charge in [-0.25, -0.2) is 9.78 Å². The van der Waals surface area contributed by atoms with Crippen molar-refractivity contribution in [1.29, 1.82) is 0 Å². The molecule has 0 aromatic carbocycles. The molecular formula is C15H18N2O3. The highest BCUT2D eigenvalue weighted by molar-refractivity contribution is 5.96. The van der Waals surface area contributed by atoms with Gasteiger partial charge in [-0.2, -0.15) is 0 Å². The van der Waals surface area contributed by atoms with Crippen molar-refractivity contribution in [1.82, 2.24) is 10.3 Å². The average Bonchev–Trinajstić information content (AvgIpc) is 3.22. The zero-order chi connectivity index (χ0) is 14.2. The van der Waals surface area contributed by atoms with Crippen LogP contribution in [-0.4, -0.2) is 28.5 Å². The van der Waals surface area contributed by atoms with E-state index in [2.05, 4.69) is 10.3 Å². The van der Waals surface area contributed by atoms with Crippen molar-refractivity contribution in [2.24, 2.45) is 11.3 Å². The fraction of sp³-hybridized carbons (Fsp3) is 0.533. The second-order valence-electron chi connectivity index (χ2n) is 5.91. The number of aromatic nitrogens is 1. The third-order valence-corrected chi connectivity index (χ3v) is 4.63. The number of hydrogen-bond donors (Lipinski definition) is 2. The van der Waals surface area contributed by atoms with Crippen LogP contribution in [0.1, 0.15) is 53.0 Å². The molecule has 20 heavy (non-hydrogen) atoms. The maximum Gasteiger partial charge on any atom is 0.354 e. The first kappa shape index (κ1) is 13.1. The van der Waals surface area contributed by atoms with E-state index in [1.54, 1.807) is 6.07 Å². The van der Waals surface area contributed by atoms with Gasteiger partial charge < -0.3 is 10.4 Å². The summed E-state index contributed by atoms with van der Waals surface area (Å²) in [5.74, 6) is -0.543. The Balaban J connectivity index is 1.64. The molecule has 2 aliphatic rings. The molecule has 0 aliphatic heterocycles. The van der Waals surface area contributed by atoms with Gasteiger partial charge in [-0.05, 0) is 49.1 Å². The van der Waals surface area contributed by atoms with Crippen LogP contribution in [0.2, 0.25) is 0 Å². The summed E-state index contributed by atoms with van der Waals surface area (Å²) in [6.45, 7) is 0.710. The monoisotopic (exact) mass is 274 g/mol. The van der Waals surface area contributed by atoms with Crippen LogP contribution in [0.4, 0.5) is 0 Å². The third-order valence-electron chi connectivity index (χ3n) is 4.63. The summed E-state index contributed by atoms with van der Waals surface area (Å²) >= 11 is 0. The second-order valence-corrected chi connectivity index (χ2v) is 5.91. The topological polar surface area (TPSA) is 79.3 Å². The first-order chi connectivity index (χ1) is 9.61. The van der Waals surface area contributed by atoms with Crippen LogP contribution in [-0.2, 0) is 0 Å². The maximum absolute atomic E-state index is 12.1. The first-order valence-electron chi connectivity index (χ1n) is 7.08. The molecule has 0 unspecified atom stereocenters. The van der Waals surface area contributed by atoms with E-state index in [1.807, 2.05) is 0 Å². The standard InChI is InChI=1S/C15H18N2O3/c18-13(10-4-7-16-12(8-10)14(19)20)17-9-15(5-1-6-15)11-2-3-11/h4,7-8,11H,1-3,5-6,9H2,(H,17,18)(H,19,20). The number of carboxylic acids is 1. The smallest absolute Gasteiger partial charge is 0.354 e. The van der Waals surface area contributed by atoms with Crippen molar-refractivity contribution in [3.8, 4) is 0 Å². The van der Waals surface area contributed by atoms with Crippen LogP contribution < -0.4 is 5.32 Å². The molecule has 0 atom stereocenters. The lowest BCUT2D eigenvalue weighted by Crippen LogP contribution is -2.43. The number of hydrogen-bond acceptors (Lipinski definition) is 3. The molecule has 0 radical (unpaired) electrons. The Kier molecular flexibility index (Phi) is 3.20. The Hall–Kier alpha value is -1.91. The number of pyridine rings is 1. The first-order valence-corrected chi connectivity index (χ1v) is 7.08. The maximum atomic E-state index is 12.1. The lowest BCUT2D eigenvalue weighted by molar-refractivity contribution is 0.0690. The molecule has 1 aromatic rings. The number of amides is 1. The number of carbonyl (C=O) groups excluding carboxylic acids is 1. The molecule has 2 N–H and O–H groups in total. The van der Waals surface area contributed by atoms with Crippen molar-refractivity contribution in [2.45, 2.75) is 32.1 Å². The summed E-state index contributed by atoms with van der Waals surface area (Å²) in [6.07, 6.45) is 7.59. The van der Waals surface area contributed by atoms with E-state index < -0.39 is 5.97 Å². The molecule has 2 fully saturated rings. The van der Waals surface area contributed by atoms with Gasteiger partial charge in [0, 0.05) is 18.3 Å². The minimum atomic E-state index is -1.12. The van der Waals surface area contributed by atoms with Gasteiger partial charge in [-0.15, -0.1) is 0 Å². The van der Waals surface area contributed by atoms with Crippen LogP contribution in [0.3, 0.4) is 0 Å². The predicted molar refractivity (Wildman–Crippen MR) is 72.5 cm³/mol. The van der Waals surface area contributed by atoms with Gasteiger partial charge in [0.15, 0.2) is 0 Å². The molecule has 0 saturated heterocycles. The Morgan fingerprint density at radius 2 is 2.15 bits per heavy atom. The summed E-state index contributed by atoms with van der Waals surface area (Å²) < 4.78 is 0. The number of rotatable bonds is 5. The minimum absolute atomic E-state index is 0.0989. The van der Waals surface area contributed by atoms with E-state index in [9.17, 15) is 9.59 Å². The van der Waals surface area contributed by atoms with E-state index >= 15 is 0 Å². The van der Waals surface area contributed by atoms with Crippen molar-refractivity contribution < 1.29 is 14.7 Å². The van der Waals surface area contributed by atoms with Crippen LogP contribution in [0.25, 0.3) is 0 Å². The van der Waals surface area contributed by atoms with Crippen LogP contribution in [0, 0.1) is 11.3 Å². The Labute approximate surface area is 117 Å². The van der Waals surface area contributed by atoms with Gasteiger partial charge in [0.2, 0.25) is 0 Å². The molecule has 0 spiro atoms. The Morgan fingerprint density at radius 3 is 2.70 bits per heavy atom. The second kappa shape index (κ2) is 4.89. The van der Waals surface area contributed by atoms with E-state index in [1.165, 1.54) is 44.4 Å². The average molecular weight is 274 g/mol. The molecule has 5 nitrogen and oxygen atoms in total. The molecule has 2 aliphatic carbocycles. The third kappa shape index (κ3) is 2.40. The summed E-state index contributed by atoms with van der Waals surface area (Å²) in [5, 5.41) is 11.9. The van der Waals surface area contributed by atoms with Gasteiger partial charge in [0.1, 0.15) is 5.69 Å². The molecule has 0 bridgehead atoms. The number of aromatic carboxylic acids is 1. The molecule has 1 amide bonds. The summed E-state index contributed by atoms with van der Waals surface area (Å²) in [7, 11) is 0. The van der Waals surface area contributed by atoms with Crippen molar-refractivity contribution in [3.05, 3.63) is 29.6 Å². The molecule has 5 heteroatoms. The van der Waals surface area contributed by atoms with E-state index in [-0.39, 0.29) is 11.6 Å². The normalized spacial score (nSPS) is 20.0. The molecule has 1 heterocycles. The summed E-state index contributed by atoms with van der Waals surface area (Å²) in [5.41, 5.74) is 0.582. The quantitative estimate of drug-likeness (QED) is 0.861. The highest BCUT2D eigenvalue weighted by atomic mass is 16.4. The van der Waals surface area contributed by atoms with E-state index in [0.29, 0.717) is 17.5 Å². The molecule has 3 rings (SSSR count). The van der Waals surface area contributed by atoms with Gasteiger partial charge in [0.25, 0.3) is 5.91 Å². The highest BCUT2D eigenvalue weighted by Gasteiger charge is 2.48. The van der Waals surface area contributed by atoms with E-state index in [4.69, 9.17) is 5.11 Å². The van der Waals surface area contributed by atoms with Crippen molar-refractivity contribution in [2.75, 3.05) is 6.54 Å². The molecule has 2 saturated carbocycles. The Morgan fingerprint density at radius 1 is 1.40 bits per heavy atom. The number of nitrogens with one attached hydrogen (secondary N) is 1. The van der Waals surface area contributed by atoms with Crippen molar-refractivity contribution in [3.63, 3.8) is 0 Å². The van der Waals surface area contributed by atoms with Gasteiger partial charge in [-0.1, -0.05) is 6.42 Å². The van der Waals surface area contributed by atoms with Crippen molar-refractivity contribution >= 4 is 11.9 Å². The van der Waals surface area contributed by atoms with Crippen LogP contribution in [0.5, 0.6) is 0 Å². The minimum Gasteiger partial charge on any atom is -0.477 e. The van der Waals surface area contributed by atoms with Gasteiger partial charge in [0.05, 0.1) is 0 Å². The highest BCUT2D eigenvalue weighted by Crippen LogP contribution is 2.56. The number of carboxylic acid groups (broad SMARTS) is 1.